The standard InChI is InChI=1S/C14H17NO2/c1-10-5-3-4-6-11(10)13-9-15-8-7-12(13)14(16)17-2/h3-6,15H,7-9H2,1-2H3. The van der Waals surface area contributed by atoms with E-state index in [9.17, 15) is 4.79 Å². The monoisotopic (exact) mass is 231 g/mol. The zero-order chi connectivity index (χ0) is 12.3. The Hall–Kier alpha value is -1.61. The Balaban J connectivity index is 2.49. The van der Waals surface area contributed by atoms with Gasteiger partial charge < -0.3 is 10.1 Å². The maximum Gasteiger partial charge on any atom is 0.334 e. The highest BCUT2D eigenvalue weighted by atomic mass is 16.5. The van der Waals surface area contributed by atoms with E-state index in [1.54, 1.807) is 0 Å². The van der Waals surface area contributed by atoms with Crippen molar-refractivity contribution in [2.45, 2.75) is 13.3 Å². The third kappa shape index (κ3) is 2.39. The molecular formula is C14H17NO2. The SMILES string of the molecule is COC(=O)C1=C(c2ccccc2C)CNCC1. The van der Waals surface area contributed by atoms with Crippen LogP contribution in [0.1, 0.15) is 17.5 Å². The Morgan fingerprint density at radius 3 is 2.82 bits per heavy atom. The van der Waals surface area contributed by atoms with Crippen molar-refractivity contribution in [2.24, 2.45) is 0 Å². The van der Waals surface area contributed by atoms with E-state index >= 15 is 0 Å². The molecule has 2 rings (SSSR count). The number of carbonyl (C=O) groups is 1. The lowest BCUT2D eigenvalue weighted by Crippen LogP contribution is -2.27. The molecule has 0 saturated carbocycles. The Kier molecular flexibility index (Phi) is 3.59. The summed E-state index contributed by atoms with van der Waals surface area (Å²) >= 11 is 0. The van der Waals surface area contributed by atoms with E-state index in [4.69, 9.17) is 4.74 Å². The van der Waals surface area contributed by atoms with Gasteiger partial charge in [-0.05, 0) is 36.6 Å². The average Bonchev–Trinajstić information content (AvgIpc) is 2.38. The highest BCUT2D eigenvalue weighted by Crippen LogP contribution is 2.26. The first kappa shape index (κ1) is 11.9. The zero-order valence-electron chi connectivity index (χ0n) is 10.2. The van der Waals surface area contributed by atoms with Crippen molar-refractivity contribution in [1.82, 2.24) is 5.32 Å². The summed E-state index contributed by atoms with van der Waals surface area (Å²) in [6.45, 7) is 3.63. The summed E-state index contributed by atoms with van der Waals surface area (Å²) in [5.74, 6) is -0.204. The Morgan fingerprint density at radius 1 is 1.35 bits per heavy atom. The Labute approximate surface area is 101 Å². The fourth-order valence-electron chi connectivity index (χ4n) is 2.20. The summed E-state index contributed by atoms with van der Waals surface area (Å²) in [5, 5.41) is 3.30. The molecule has 0 unspecified atom stereocenters. The Bertz CT molecular complexity index is 463. The van der Waals surface area contributed by atoms with Crippen LogP contribution in [0.25, 0.3) is 5.57 Å². The van der Waals surface area contributed by atoms with Gasteiger partial charge in [-0.15, -0.1) is 0 Å². The van der Waals surface area contributed by atoms with Gasteiger partial charge in [-0.3, -0.25) is 0 Å². The third-order valence-electron chi connectivity index (χ3n) is 3.12. The minimum atomic E-state index is -0.204. The van der Waals surface area contributed by atoms with Gasteiger partial charge in [0.1, 0.15) is 0 Å². The highest BCUT2D eigenvalue weighted by molar-refractivity contribution is 5.98. The van der Waals surface area contributed by atoms with Crippen LogP contribution in [0.2, 0.25) is 0 Å². The third-order valence-corrected chi connectivity index (χ3v) is 3.12. The van der Waals surface area contributed by atoms with E-state index in [0.717, 1.165) is 36.2 Å². The molecule has 0 fully saturated rings. The molecule has 1 N–H and O–H groups in total. The van der Waals surface area contributed by atoms with Gasteiger partial charge in [0.15, 0.2) is 0 Å². The van der Waals surface area contributed by atoms with E-state index in [0.29, 0.717) is 0 Å². The van der Waals surface area contributed by atoms with E-state index in [-0.39, 0.29) is 5.97 Å². The van der Waals surface area contributed by atoms with E-state index in [1.807, 2.05) is 12.1 Å². The molecule has 3 nitrogen and oxygen atoms in total. The van der Waals surface area contributed by atoms with Gasteiger partial charge in [0.05, 0.1) is 7.11 Å². The molecule has 0 radical (unpaired) electrons. The van der Waals surface area contributed by atoms with Crippen LogP contribution in [0.3, 0.4) is 0 Å². The second kappa shape index (κ2) is 5.15. The Morgan fingerprint density at radius 2 is 2.12 bits per heavy atom. The number of hydrogen-bond acceptors (Lipinski definition) is 3. The van der Waals surface area contributed by atoms with Crippen LogP contribution in [0, 0.1) is 6.92 Å². The molecule has 17 heavy (non-hydrogen) atoms. The number of esters is 1. The summed E-state index contributed by atoms with van der Waals surface area (Å²) in [5.41, 5.74) is 4.20. The predicted molar refractivity (Wildman–Crippen MR) is 67.6 cm³/mol. The smallest absolute Gasteiger partial charge is 0.334 e. The normalized spacial score (nSPS) is 15.9. The van der Waals surface area contributed by atoms with Crippen molar-refractivity contribution >= 4 is 11.5 Å². The molecule has 0 atom stereocenters. The maximum absolute atomic E-state index is 11.8. The van der Waals surface area contributed by atoms with Gasteiger partial charge in [-0.25, -0.2) is 4.79 Å². The quantitative estimate of drug-likeness (QED) is 0.790. The van der Waals surface area contributed by atoms with Gasteiger partial charge >= 0.3 is 5.97 Å². The highest BCUT2D eigenvalue weighted by Gasteiger charge is 2.21. The lowest BCUT2D eigenvalue weighted by atomic mass is 9.92. The van der Waals surface area contributed by atoms with Crippen LogP contribution in [0.5, 0.6) is 0 Å². The lowest BCUT2D eigenvalue weighted by Gasteiger charge is -2.21. The summed E-state index contributed by atoms with van der Waals surface area (Å²) in [6, 6.07) is 8.12. The lowest BCUT2D eigenvalue weighted by molar-refractivity contribution is -0.136. The number of benzene rings is 1. The zero-order valence-corrected chi connectivity index (χ0v) is 10.2. The summed E-state index contributed by atoms with van der Waals surface area (Å²) in [4.78, 5) is 11.8. The first-order valence-corrected chi connectivity index (χ1v) is 5.81. The average molecular weight is 231 g/mol. The van der Waals surface area contributed by atoms with Crippen molar-refractivity contribution in [2.75, 3.05) is 20.2 Å². The van der Waals surface area contributed by atoms with Crippen LogP contribution in [-0.4, -0.2) is 26.2 Å². The molecule has 0 spiro atoms. The van der Waals surface area contributed by atoms with Crippen LogP contribution in [0.15, 0.2) is 29.8 Å². The molecule has 0 amide bonds. The van der Waals surface area contributed by atoms with Gasteiger partial charge in [-0.2, -0.15) is 0 Å². The first-order chi connectivity index (χ1) is 8.24. The van der Waals surface area contributed by atoms with E-state index in [1.165, 1.54) is 12.7 Å². The number of aryl methyl sites for hydroxylation is 1. The van der Waals surface area contributed by atoms with Crippen molar-refractivity contribution in [1.29, 1.82) is 0 Å². The number of nitrogens with one attached hydrogen (secondary N) is 1. The molecule has 1 aromatic carbocycles. The van der Waals surface area contributed by atoms with E-state index < -0.39 is 0 Å². The number of rotatable bonds is 2. The van der Waals surface area contributed by atoms with Gasteiger partial charge in [0.25, 0.3) is 0 Å². The summed E-state index contributed by atoms with van der Waals surface area (Å²) in [7, 11) is 1.44. The maximum atomic E-state index is 11.8. The number of carbonyl (C=O) groups excluding carboxylic acids is 1. The molecule has 0 bridgehead atoms. The topological polar surface area (TPSA) is 38.3 Å². The fraction of sp³-hybridized carbons (Fsp3) is 0.357. The van der Waals surface area contributed by atoms with Crippen molar-refractivity contribution in [3.8, 4) is 0 Å². The molecule has 3 heteroatoms. The van der Waals surface area contributed by atoms with Crippen molar-refractivity contribution < 1.29 is 9.53 Å². The number of hydrogen-bond donors (Lipinski definition) is 1. The molecule has 1 aliphatic heterocycles. The van der Waals surface area contributed by atoms with Crippen molar-refractivity contribution in [3.05, 3.63) is 41.0 Å². The molecule has 1 aromatic rings. The molecular weight excluding hydrogens is 214 g/mol. The summed E-state index contributed by atoms with van der Waals surface area (Å²) < 4.78 is 4.86. The second-order valence-electron chi connectivity index (χ2n) is 4.19. The molecule has 0 aromatic heterocycles. The minimum Gasteiger partial charge on any atom is -0.466 e. The predicted octanol–water partition coefficient (Wildman–Crippen LogP) is 1.91. The minimum absolute atomic E-state index is 0.204. The largest absolute Gasteiger partial charge is 0.466 e. The van der Waals surface area contributed by atoms with Crippen molar-refractivity contribution in [3.63, 3.8) is 0 Å². The van der Waals surface area contributed by atoms with Gasteiger partial charge in [0.2, 0.25) is 0 Å². The fourth-order valence-corrected chi connectivity index (χ4v) is 2.20. The number of methoxy groups -OCH3 is 1. The number of ether oxygens (including phenoxy) is 1. The molecule has 0 saturated heterocycles. The second-order valence-corrected chi connectivity index (χ2v) is 4.19. The van der Waals surface area contributed by atoms with Crippen LogP contribution < -0.4 is 5.32 Å². The van der Waals surface area contributed by atoms with Crippen LogP contribution in [-0.2, 0) is 9.53 Å². The van der Waals surface area contributed by atoms with E-state index in [2.05, 4.69) is 24.4 Å². The van der Waals surface area contributed by atoms with Gasteiger partial charge in [-0.1, -0.05) is 24.3 Å². The summed E-state index contributed by atoms with van der Waals surface area (Å²) in [6.07, 6.45) is 0.732. The first-order valence-electron chi connectivity index (χ1n) is 5.81. The van der Waals surface area contributed by atoms with Crippen LogP contribution >= 0.6 is 0 Å². The molecule has 1 aliphatic rings. The molecule has 1 heterocycles. The molecule has 90 valence electrons. The van der Waals surface area contributed by atoms with Gasteiger partial charge in [0, 0.05) is 12.1 Å². The van der Waals surface area contributed by atoms with Crippen LogP contribution in [0.4, 0.5) is 0 Å². The molecule has 0 aliphatic carbocycles.